The molecule has 0 atom stereocenters. The van der Waals surface area contributed by atoms with Gasteiger partial charge in [0.05, 0.1) is 12.6 Å². The molecule has 0 aliphatic carbocycles. The number of nitrogens with one attached hydrogen (secondary N) is 1. The summed E-state index contributed by atoms with van der Waals surface area (Å²) >= 11 is 0. The van der Waals surface area contributed by atoms with Crippen LogP contribution < -0.4 is 10.1 Å². The number of benzene rings is 2. The molecule has 0 amide bonds. The molecule has 5 nitrogen and oxygen atoms in total. The number of fused-ring (bicyclic) bond motifs is 1. The zero-order valence-electron chi connectivity index (χ0n) is 15.8. The lowest BCUT2D eigenvalue weighted by molar-refractivity contribution is 0.414. The number of halogens is 1. The molecule has 3 rings (SSSR count). The van der Waals surface area contributed by atoms with E-state index in [0.717, 1.165) is 34.7 Å². The Balaban J connectivity index is 0.00000261. The van der Waals surface area contributed by atoms with Crippen LogP contribution in [0.5, 0.6) is 5.75 Å². The number of guanidine groups is 1. The molecule has 1 heterocycles. The van der Waals surface area contributed by atoms with Gasteiger partial charge in [0.25, 0.3) is 0 Å². The SMILES string of the molecule is CN=C(NCc1cccc2cccnc12)N(C)Cc1ccc(OC)cc1.I. The van der Waals surface area contributed by atoms with Gasteiger partial charge in [-0.2, -0.15) is 0 Å². The molecular formula is C21H25IN4O. The quantitative estimate of drug-likeness (QED) is 0.343. The molecule has 27 heavy (non-hydrogen) atoms. The van der Waals surface area contributed by atoms with E-state index in [1.165, 1.54) is 5.56 Å². The van der Waals surface area contributed by atoms with Gasteiger partial charge in [-0.3, -0.25) is 9.98 Å². The van der Waals surface area contributed by atoms with Gasteiger partial charge in [-0.05, 0) is 29.3 Å². The lowest BCUT2D eigenvalue weighted by Gasteiger charge is -2.22. The molecule has 1 aromatic heterocycles. The van der Waals surface area contributed by atoms with Crippen molar-refractivity contribution in [3.63, 3.8) is 0 Å². The number of nitrogens with zero attached hydrogens (tertiary/aromatic N) is 3. The largest absolute Gasteiger partial charge is 0.497 e. The van der Waals surface area contributed by atoms with E-state index in [4.69, 9.17) is 4.74 Å². The zero-order chi connectivity index (χ0) is 18.4. The number of hydrogen-bond acceptors (Lipinski definition) is 3. The third kappa shape index (κ3) is 5.32. The summed E-state index contributed by atoms with van der Waals surface area (Å²) in [6.45, 7) is 1.44. The van der Waals surface area contributed by atoms with Crippen LogP contribution in [0, 0.1) is 0 Å². The van der Waals surface area contributed by atoms with Gasteiger partial charge in [-0.1, -0.05) is 36.4 Å². The summed E-state index contributed by atoms with van der Waals surface area (Å²) in [5.74, 6) is 1.70. The molecule has 0 saturated heterocycles. The van der Waals surface area contributed by atoms with Crippen molar-refractivity contribution in [2.24, 2.45) is 4.99 Å². The minimum Gasteiger partial charge on any atom is -0.497 e. The summed E-state index contributed by atoms with van der Waals surface area (Å²) in [4.78, 5) is 11.0. The van der Waals surface area contributed by atoms with Crippen molar-refractivity contribution in [3.8, 4) is 5.75 Å². The number of hydrogen-bond donors (Lipinski definition) is 1. The van der Waals surface area contributed by atoms with Crippen LogP contribution in [0.1, 0.15) is 11.1 Å². The van der Waals surface area contributed by atoms with E-state index in [0.29, 0.717) is 6.54 Å². The summed E-state index contributed by atoms with van der Waals surface area (Å²) in [6.07, 6.45) is 1.83. The van der Waals surface area contributed by atoms with Gasteiger partial charge in [-0.15, -0.1) is 24.0 Å². The average molecular weight is 476 g/mol. The number of aliphatic imine (C=N–C) groups is 1. The second-order valence-corrected chi connectivity index (χ2v) is 6.10. The molecule has 6 heteroatoms. The van der Waals surface area contributed by atoms with E-state index < -0.39 is 0 Å². The van der Waals surface area contributed by atoms with Crippen molar-refractivity contribution >= 4 is 40.8 Å². The van der Waals surface area contributed by atoms with E-state index in [1.807, 2.05) is 31.4 Å². The third-order valence-corrected chi connectivity index (χ3v) is 4.31. The minimum atomic E-state index is 0. The van der Waals surface area contributed by atoms with Crippen LogP contribution in [0.2, 0.25) is 0 Å². The first-order valence-electron chi connectivity index (χ1n) is 8.58. The Hall–Kier alpha value is -2.35. The first-order chi connectivity index (χ1) is 12.7. The smallest absolute Gasteiger partial charge is 0.193 e. The minimum absolute atomic E-state index is 0. The fourth-order valence-corrected chi connectivity index (χ4v) is 2.95. The van der Waals surface area contributed by atoms with E-state index in [9.17, 15) is 0 Å². The maximum absolute atomic E-state index is 5.21. The molecule has 1 N–H and O–H groups in total. The monoisotopic (exact) mass is 476 g/mol. The Morgan fingerprint density at radius 3 is 2.56 bits per heavy atom. The predicted molar refractivity (Wildman–Crippen MR) is 122 cm³/mol. The van der Waals surface area contributed by atoms with Crippen LogP contribution in [0.25, 0.3) is 10.9 Å². The van der Waals surface area contributed by atoms with E-state index in [2.05, 4.69) is 56.6 Å². The van der Waals surface area contributed by atoms with Crippen molar-refractivity contribution in [2.75, 3.05) is 21.2 Å². The van der Waals surface area contributed by atoms with Crippen molar-refractivity contribution in [3.05, 3.63) is 71.9 Å². The van der Waals surface area contributed by atoms with Gasteiger partial charge < -0.3 is 15.0 Å². The van der Waals surface area contributed by atoms with Crippen molar-refractivity contribution in [1.82, 2.24) is 15.2 Å². The summed E-state index contributed by atoms with van der Waals surface area (Å²) < 4.78 is 5.21. The Bertz CT molecular complexity index is 891. The van der Waals surface area contributed by atoms with Crippen molar-refractivity contribution < 1.29 is 4.74 Å². The van der Waals surface area contributed by atoms with Gasteiger partial charge in [0.2, 0.25) is 0 Å². The van der Waals surface area contributed by atoms with Crippen LogP contribution in [0.15, 0.2) is 65.8 Å². The fraction of sp³-hybridized carbons (Fsp3) is 0.238. The number of methoxy groups -OCH3 is 1. The number of aromatic nitrogens is 1. The lowest BCUT2D eigenvalue weighted by atomic mass is 10.1. The first-order valence-corrected chi connectivity index (χ1v) is 8.58. The maximum Gasteiger partial charge on any atom is 0.193 e. The van der Waals surface area contributed by atoms with Gasteiger partial charge in [0.15, 0.2) is 5.96 Å². The molecule has 3 aromatic rings. The molecule has 0 aliphatic rings. The van der Waals surface area contributed by atoms with E-state index in [-0.39, 0.29) is 24.0 Å². The molecule has 0 fully saturated rings. The van der Waals surface area contributed by atoms with Crippen LogP contribution in [0.4, 0.5) is 0 Å². The highest BCUT2D eigenvalue weighted by Gasteiger charge is 2.08. The zero-order valence-corrected chi connectivity index (χ0v) is 18.2. The first kappa shape index (κ1) is 21.0. The Labute approximate surface area is 177 Å². The number of pyridine rings is 1. The molecular weight excluding hydrogens is 451 g/mol. The normalized spacial score (nSPS) is 11.0. The summed E-state index contributed by atoms with van der Waals surface area (Å²) in [5.41, 5.74) is 3.38. The van der Waals surface area contributed by atoms with E-state index >= 15 is 0 Å². The van der Waals surface area contributed by atoms with Gasteiger partial charge in [-0.25, -0.2) is 0 Å². The molecule has 0 unspecified atom stereocenters. The second-order valence-electron chi connectivity index (χ2n) is 6.10. The van der Waals surface area contributed by atoms with Crippen LogP contribution in [-0.2, 0) is 13.1 Å². The predicted octanol–water partition coefficient (Wildman–Crippen LogP) is 4.07. The maximum atomic E-state index is 5.21. The second kappa shape index (κ2) is 10.1. The molecule has 0 bridgehead atoms. The highest BCUT2D eigenvalue weighted by Crippen LogP contribution is 2.16. The Morgan fingerprint density at radius 1 is 1.11 bits per heavy atom. The van der Waals surface area contributed by atoms with E-state index in [1.54, 1.807) is 14.2 Å². The van der Waals surface area contributed by atoms with Gasteiger partial charge in [0, 0.05) is 38.8 Å². The summed E-state index contributed by atoms with van der Waals surface area (Å²) in [7, 11) is 5.50. The highest BCUT2D eigenvalue weighted by atomic mass is 127. The number of para-hydroxylation sites is 1. The Kier molecular flexibility index (Phi) is 7.84. The molecule has 142 valence electrons. The molecule has 0 radical (unpaired) electrons. The van der Waals surface area contributed by atoms with Gasteiger partial charge >= 0.3 is 0 Å². The molecule has 0 spiro atoms. The molecule has 0 aliphatic heterocycles. The summed E-state index contributed by atoms with van der Waals surface area (Å²) in [6, 6.07) is 18.4. The van der Waals surface area contributed by atoms with Gasteiger partial charge in [0.1, 0.15) is 5.75 Å². The number of rotatable bonds is 5. The standard InChI is InChI=1S/C21H24N4O.HI/c1-22-21(25(2)15-16-9-11-19(26-3)12-10-16)24-14-18-7-4-6-17-8-5-13-23-20(17)18;/h4-13H,14-15H2,1-3H3,(H,22,24);1H. The fourth-order valence-electron chi connectivity index (χ4n) is 2.95. The topological polar surface area (TPSA) is 49.8 Å². The average Bonchev–Trinajstić information content (AvgIpc) is 2.69. The van der Waals surface area contributed by atoms with Crippen molar-refractivity contribution in [1.29, 1.82) is 0 Å². The van der Waals surface area contributed by atoms with Crippen LogP contribution >= 0.6 is 24.0 Å². The molecule has 2 aromatic carbocycles. The van der Waals surface area contributed by atoms with Crippen LogP contribution in [-0.4, -0.2) is 37.0 Å². The Morgan fingerprint density at radius 2 is 1.85 bits per heavy atom. The third-order valence-electron chi connectivity index (χ3n) is 4.31. The lowest BCUT2D eigenvalue weighted by Crippen LogP contribution is -2.38. The number of ether oxygens (including phenoxy) is 1. The highest BCUT2D eigenvalue weighted by molar-refractivity contribution is 14.0. The van der Waals surface area contributed by atoms with Crippen LogP contribution in [0.3, 0.4) is 0 Å². The van der Waals surface area contributed by atoms with Crippen molar-refractivity contribution in [2.45, 2.75) is 13.1 Å². The molecule has 0 saturated carbocycles. The summed E-state index contributed by atoms with van der Waals surface area (Å²) in [5, 5.41) is 4.58.